The van der Waals surface area contributed by atoms with Crippen molar-refractivity contribution in [2.75, 3.05) is 19.8 Å². The topological polar surface area (TPSA) is 40.6 Å². The minimum Gasteiger partial charge on any atom is -0.494 e. The third kappa shape index (κ3) is 6.77. The molecule has 4 heteroatoms. The standard InChI is InChI=1S/C24H31NO3/c1-2-3-4-5-6-7-16-26-22-12-10-21(11-13-22)23-14-8-20(19-25-23)9-15-24-27-17-18-28-24/h8-15,19,24H,2-7,16-18H2,1H3. The molecule has 4 nitrogen and oxygen atoms in total. The first kappa shape index (κ1) is 20.6. The van der Waals surface area contributed by atoms with E-state index < -0.39 is 0 Å². The molecule has 0 N–H and O–H groups in total. The van der Waals surface area contributed by atoms with E-state index in [1.807, 2.05) is 36.5 Å². The maximum Gasteiger partial charge on any atom is 0.177 e. The van der Waals surface area contributed by atoms with Crippen LogP contribution in [0.2, 0.25) is 0 Å². The zero-order valence-corrected chi connectivity index (χ0v) is 16.8. The van der Waals surface area contributed by atoms with Crippen molar-refractivity contribution in [1.29, 1.82) is 0 Å². The molecule has 28 heavy (non-hydrogen) atoms. The molecule has 0 amide bonds. The van der Waals surface area contributed by atoms with E-state index in [2.05, 4.69) is 30.1 Å². The van der Waals surface area contributed by atoms with E-state index in [9.17, 15) is 0 Å². The Labute approximate surface area is 168 Å². The fraction of sp³-hybridized carbons (Fsp3) is 0.458. The number of ether oxygens (including phenoxy) is 3. The summed E-state index contributed by atoms with van der Waals surface area (Å²) in [6.07, 6.45) is 13.2. The monoisotopic (exact) mass is 381 g/mol. The molecule has 2 aromatic rings. The summed E-state index contributed by atoms with van der Waals surface area (Å²) in [5, 5.41) is 0. The summed E-state index contributed by atoms with van der Waals surface area (Å²) in [5.41, 5.74) is 3.07. The lowest BCUT2D eigenvalue weighted by atomic mass is 10.1. The van der Waals surface area contributed by atoms with Gasteiger partial charge in [-0.05, 0) is 48.4 Å². The third-order valence-corrected chi connectivity index (χ3v) is 4.80. The van der Waals surface area contributed by atoms with E-state index in [1.54, 1.807) is 0 Å². The lowest BCUT2D eigenvalue weighted by molar-refractivity contribution is -0.000908. The molecule has 3 rings (SSSR count). The summed E-state index contributed by atoms with van der Waals surface area (Å²) in [7, 11) is 0. The quantitative estimate of drug-likeness (QED) is 0.456. The van der Waals surface area contributed by atoms with Gasteiger partial charge in [0.05, 0.1) is 25.5 Å². The molecule has 150 valence electrons. The average Bonchev–Trinajstić information content (AvgIpc) is 3.26. The molecule has 1 aromatic carbocycles. The van der Waals surface area contributed by atoms with E-state index in [4.69, 9.17) is 14.2 Å². The summed E-state index contributed by atoms with van der Waals surface area (Å²) in [6.45, 7) is 4.35. The van der Waals surface area contributed by atoms with Crippen LogP contribution in [0, 0.1) is 0 Å². The Balaban J connectivity index is 1.44. The summed E-state index contributed by atoms with van der Waals surface area (Å²) in [4.78, 5) is 4.56. The number of unbranched alkanes of at least 4 members (excludes halogenated alkanes) is 5. The molecule has 0 unspecified atom stereocenters. The molecular weight excluding hydrogens is 350 g/mol. The van der Waals surface area contributed by atoms with Gasteiger partial charge >= 0.3 is 0 Å². The Bertz CT molecular complexity index is 704. The van der Waals surface area contributed by atoms with Gasteiger partial charge in [0, 0.05) is 11.8 Å². The second kappa shape index (κ2) is 11.6. The van der Waals surface area contributed by atoms with Crippen LogP contribution in [0.25, 0.3) is 17.3 Å². The van der Waals surface area contributed by atoms with Crippen LogP contribution in [-0.2, 0) is 9.47 Å². The number of nitrogens with zero attached hydrogens (tertiary/aromatic N) is 1. The van der Waals surface area contributed by atoms with Crippen molar-refractivity contribution in [3.63, 3.8) is 0 Å². The summed E-state index contributed by atoms with van der Waals surface area (Å²) < 4.78 is 16.6. The van der Waals surface area contributed by atoms with E-state index in [0.29, 0.717) is 13.2 Å². The lowest BCUT2D eigenvalue weighted by Crippen LogP contribution is -2.01. The van der Waals surface area contributed by atoms with Gasteiger partial charge < -0.3 is 14.2 Å². The van der Waals surface area contributed by atoms with Crippen LogP contribution in [0.4, 0.5) is 0 Å². The maximum absolute atomic E-state index is 5.85. The van der Waals surface area contributed by atoms with Crippen molar-refractivity contribution in [1.82, 2.24) is 4.98 Å². The second-order valence-corrected chi connectivity index (χ2v) is 7.09. The molecule has 1 aromatic heterocycles. The predicted molar refractivity (Wildman–Crippen MR) is 113 cm³/mol. The van der Waals surface area contributed by atoms with Gasteiger partial charge in [-0.2, -0.15) is 0 Å². The van der Waals surface area contributed by atoms with E-state index in [0.717, 1.165) is 35.6 Å². The van der Waals surface area contributed by atoms with Crippen LogP contribution in [0.5, 0.6) is 5.75 Å². The number of hydrogen-bond donors (Lipinski definition) is 0. The van der Waals surface area contributed by atoms with Gasteiger partial charge in [-0.25, -0.2) is 0 Å². The first-order chi connectivity index (χ1) is 13.8. The molecular formula is C24H31NO3. The van der Waals surface area contributed by atoms with E-state index in [1.165, 1.54) is 32.1 Å². The lowest BCUT2D eigenvalue weighted by Gasteiger charge is -2.07. The minimum absolute atomic E-state index is 0.233. The molecule has 0 radical (unpaired) electrons. The van der Waals surface area contributed by atoms with Crippen molar-refractivity contribution in [3.8, 4) is 17.0 Å². The normalized spacial score (nSPS) is 14.8. The largest absolute Gasteiger partial charge is 0.494 e. The summed E-state index contributed by atoms with van der Waals surface area (Å²) in [6, 6.07) is 12.3. The van der Waals surface area contributed by atoms with Gasteiger partial charge in [-0.1, -0.05) is 51.2 Å². The molecule has 0 saturated carbocycles. The van der Waals surface area contributed by atoms with E-state index >= 15 is 0 Å². The van der Waals surface area contributed by atoms with Gasteiger partial charge in [0.2, 0.25) is 0 Å². The number of benzene rings is 1. The van der Waals surface area contributed by atoms with Crippen LogP contribution in [0.1, 0.15) is 51.0 Å². The van der Waals surface area contributed by atoms with Gasteiger partial charge in [0.25, 0.3) is 0 Å². The van der Waals surface area contributed by atoms with Crippen LogP contribution >= 0.6 is 0 Å². The Morgan fingerprint density at radius 3 is 2.43 bits per heavy atom. The van der Waals surface area contributed by atoms with Crippen LogP contribution < -0.4 is 4.74 Å². The van der Waals surface area contributed by atoms with Crippen molar-refractivity contribution < 1.29 is 14.2 Å². The Morgan fingerprint density at radius 1 is 0.964 bits per heavy atom. The van der Waals surface area contributed by atoms with Gasteiger partial charge in [-0.15, -0.1) is 0 Å². The summed E-state index contributed by atoms with van der Waals surface area (Å²) in [5.74, 6) is 0.924. The Kier molecular flexibility index (Phi) is 8.54. The Hall–Kier alpha value is -2.17. The average molecular weight is 382 g/mol. The Morgan fingerprint density at radius 2 is 1.71 bits per heavy atom. The van der Waals surface area contributed by atoms with Gasteiger partial charge in [0.15, 0.2) is 6.29 Å². The highest BCUT2D eigenvalue weighted by atomic mass is 16.7. The van der Waals surface area contributed by atoms with Crippen LogP contribution in [0.15, 0.2) is 48.7 Å². The van der Waals surface area contributed by atoms with Gasteiger partial charge in [-0.3, -0.25) is 4.98 Å². The van der Waals surface area contributed by atoms with Crippen LogP contribution in [0.3, 0.4) is 0 Å². The summed E-state index contributed by atoms with van der Waals surface area (Å²) >= 11 is 0. The minimum atomic E-state index is -0.233. The number of hydrogen-bond acceptors (Lipinski definition) is 4. The zero-order chi connectivity index (χ0) is 19.4. The van der Waals surface area contributed by atoms with Gasteiger partial charge in [0.1, 0.15) is 5.75 Å². The number of pyridine rings is 1. The molecule has 0 bridgehead atoms. The molecule has 1 aliphatic heterocycles. The zero-order valence-electron chi connectivity index (χ0n) is 16.8. The fourth-order valence-electron chi connectivity index (χ4n) is 3.15. The molecule has 0 atom stereocenters. The second-order valence-electron chi connectivity index (χ2n) is 7.09. The highest BCUT2D eigenvalue weighted by Crippen LogP contribution is 2.21. The first-order valence-corrected chi connectivity index (χ1v) is 10.5. The highest BCUT2D eigenvalue weighted by molar-refractivity contribution is 5.61. The maximum atomic E-state index is 5.85. The van der Waals surface area contributed by atoms with Crippen molar-refractivity contribution in [2.45, 2.75) is 51.7 Å². The van der Waals surface area contributed by atoms with Crippen LogP contribution in [-0.4, -0.2) is 31.1 Å². The van der Waals surface area contributed by atoms with Crippen molar-refractivity contribution >= 4 is 6.08 Å². The molecule has 1 saturated heterocycles. The van der Waals surface area contributed by atoms with Crippen molar-refractivity contribution in [3.05, 3.63) is 54.2 Å². The first-order valence-electron chi connectivity index (χ1n) is 10.5. The fourth-order valence-corrected chi connectivity index (χ4v) is 3.15. The highest BCUT2D eigenvalue weighted by Gasteiger charge is 2.11. The molecule has 2 heterocycles. The van der Waals surface area contributed by atoms with E-state index in [-0.39, 0.29) is 6.29 Å². The molecule has 1 aliphatic rings. The third-order valence-electron chi connectivity index (χ3n) is 4.80. The smallest absolute Gasteiger partial charge is 0.177 e. The number of aromatic nitrogens is 1. The van der Waals surface area contributed by atoms with Crippen molar-refractivity contribution in [2.24, 2.45) is 0 Å². The molecule has 0 spiro atoms. The molecule has 0 aliphatic carbocycles. The SMILES string of the molecule is CCCCCCCCOc1ccc(-c2ccc(C=CC3OCCO3)cn2)cc1. The number of rotatable bonds is 11. The molecule has 1 fully saturated rings. The predicted octanol–water partition coefficient (Wildman–Crippen LogP) is 5.87.